The molecule has 6 heteroatoms. The largest absolute Gasteiger partial charge is 0.361 e. The summed E-state index contributed by atoms with van der Waals surface area (Å²) in [5.41, 5.74) is 3.37. The minimum atomic E-state index is -0.125. The van der Waals surface area contributed by atoms with Crippen LogP contribution in [-0.2, 0) is 17.8 Å². The van der Waals surface area contributed by atoms with Crippen molar-refractivity contribution < 1.29 is 14.1 Å². The highest BCUT2D eigenvalue weighted by molar-refractivity contribution is 5.93. The molecule has 1 heterocycles. The topological polar surface area (TPSA) is 84.2 Å². The predicted octanol–water partition coefficient (Wildman–Crippen LogP) is 1.90. The lowest BCUT2D eigenvalue weighted by Gasteiger charge is -2.06. The summed E-state index contributed by atoms with van der Waals surface area (Å²) in [4.78, 5) is 23.4. The van der Waals surface area contributed by atoms with Gasteiger partial charge in [-0.1, -0.05) is 17.3 Å². The summed E-state index contributed by atoms with van der Waals surface area (Å²) in [7, 11) is 1.59. The molecule has 122 valence electrons. The zero-order chi connectivity index (χ0) is 16.8. The third-order valence-electron chi connectivity index (χ3n) is 3.72. The fraction of sp³-hybridized carbons (Fsp3) is 0.353. The van der Waals surface area contributed by atoms with Gasteiger partial charge in [-0.2, -0.15) is 0 Å². The number of rotatable bonds is 6. The molecule has 2 rings (SSSR count). The minimum absolute atomic E-state index is 0.0274. The van der Waals surface area contributed by atoms with Crippen molar-refractivity contribution in [2.24, 2.45) is 0 Å². The van der Waals surface area contributed by atoms with E-state index in [1.54, 1.807) is 19.2 Å². The summed E-state index contributed by atoms with van der Waals surface area (Å²) in [6.07, 6.45) is 1.00. The van der Waals surface area contributed by atoms with Crippen molar-refractivity contribution in [1.82, 2.24) is 15.8 Å². The van der Waals surface area contributed by atoms with E-state index in [0.29, 0.717) is 24.9 Å². The first-order chi connectivity index (χ1) is 11.0. The molecule has 0 saturated heterocycles. The molecule has 0 bridgehead atoms. The number of aryl methyl sites for hydroxylation is 2. The van der Waals surface area contributed by atoms with Crippen LogP contribution in [0.25, 0.3) is 0 Å². The molecule has 0 saturated carbocycles. The highest BCUT2D eigenvalue weighted by atomic mass is 16.5. The van der Waals surface area contributed by atoms with Crippen molar-refractivity contribution >= 4 is 11.8 Å². The summed E-state index contributed by atoms with van der Waals surface area (Å²) in [6, 6.07) is 7.15. The molecule has 0 aliphatic heterocycles. The van der Waals surface area contributed by atoms with Crippen LogP contribution < -0.4 is 10.6 Å². The first-order valence-electron chi connectivity index (χ1n) is 7.50. The lowest BCUT2D eigenvalue weighted by molar-refractivity contribution is -0.121. The maximum Gasteiger partial charge on any atom is 0.251 e. The van der Waals surface area contributed by atoms with Gasteiger partial charge in [0, 0.05) is 31.1 Å². The Morgan fingerprint density at radius 3 is 2.43 bits per heavy atom. The maximum absolute atomic E-state index is 11.9. The van der Waals surface area contributed by atoms with Gasteiger partial charge in [0.05, 0.1) is 5.69 Å². The number of nitrogens with one attached hydrogen (secondary N) is 2. The number of carbonyl (C=O) groups excluding carboxylic acids is 2. The lowest BCUT2D eigenvalue weighted by atomic mass is 10.1. The number of benzene rings is 1. The molecule has 2 amide bonds. The Morgan fingerprint density at radius 1 is 1.17 bits per heavy atom. The van der Waals surface area contributed by atoms with Crippen molar-refractivity contribution in [3.05, 3.63) is 52.4 Å². The van der Waals surface area contributed by atoms with Gasteiger partial charge in [-0.25, -0.2) is 0 Å². The number of hydrogen-bond acceptors (Lipinski definition) is 4. The number of hydrogen-bond donors (Lipinski definition) is 2. The second-order valence-corrected chi connectivity index (χ2v) is 5.36. The number of amides is 2. The zero-order valence-corrected chi connectivity index (χ0v) is 13.6. The average molecular weight is 315 g/mol. The van der Waals surface area contributed by atoms with Gasteiger partial charge >= 0.3 is 0 Å². The number of nitrogens with zero attached hydrogens (tertiary/aromatic N) is 1. The van der Waals surface area contributed by atoms with Crippen molar-refractivity contribution in [2.75, 3.05) is 7.05 Å². The zero-order valence-electron chi connectivity index (χ0n) is 13.6. The Bertz CT molecular complexity index is 670. The van der Waals surface area contributed by atoms with Crippen LogP contribution in [0.15, 0.2) is 28.8 Å². The molecule has 23 heavy (non-hydrogen) atoms. The Kier molecular flexibility index (Phi) is 5.51. The Balaban J connectivity index is 1.81. The molecule has 2 N–H and O–H groups in total. The molecule has 6 nitrogen and oxygen atoms in total. The molecule has 0 radical (unpaired) electrons. The number of carbonyl (C=O) groups is 2. The monoisotopic (exact) mass is 315 g/mol. The van der Waals surface area contributed by atoms with Crippen LogP contribution in [0, 0.1) is 13.8 Å². The van der Waals surface area contributed by atoms with E-state index in [2.05, 4.69) is 15.8 Å². The normalized spacial score (nSPS) is 10.4. The van der Waals surface area contributed by atoms with E-state index in [1.165, 1.54) is 0 Å². The fourth-order valence-corrected chi connectivity index (χ4v) is 2.30. The Morgan fingerprint density at radius 2 is 1.87 bits per heavy atom. The first-order valence-corrected chi connectivity index (χ1v) is 7.50. The third kappa shape index (κ3) is 4.42. The summed E-state index contributed by atoms with van der Waals surface area (Å²) in [5.74, 6) is 0.612. The Hall–Kier alpha value is -2.63. The summed E-state index contributed by atoms with van der Waals surface area (Å²) < 4.78 is 5.08. The lowest BCUT2D eigenvalue weighted by Crippen LogP contribution is -2.23. The molecular formula is C17H21N3O3. The maximum atomic E-state index is 11.9. The van der Waals surface area contributed by atoms with Gasteiger partial charge in [0.1, 0.15) is 5.76 Å². The molecule has 0 atom stereocenters. The molecule has 1 aromatic heterocycles. The smallest absolute Gasteiger partial charge is 0.251 e. The van der Waals surface area contributed by atoms with Gasteiger partial charge in [-0.05, 0) is 38.0 Å². The van der Waals surface area contributed by atoms with Gasteiger partial charge in [-0.15, -0.1) is 0 Å². The molecule has 0 spiro atoms. The van der Waals surface area contributed by atoms with Crippen LogP contribution in [0.4, 0.5) is 0 Å². The highest BCUT2D eigenvalue weighted by Gasteiger charge is 2.11. The van der Waals surface area contributed by atoms with E-state index in [4.69, 9.17) is 4.52 Å². The Labute approximate surface area is 135 Å². The van der Waals surface area contributed by atoms with Crippen LogP contribution in [0.3, 0.4) is 0 Å². The van der Waals surface area contributed by atoms with Crippen LogP contribution in [0.2, 0.25) is 0 Å². The van der Waals surface area contributed by atoms with Crippen molar-refractivity contribution in [3.63, 3.8) is 0 Å². The molecule has 0 unspecified atom stereocenters. The molecule has 0 aliphatic rings. The van der Waals surface area contributed by atoms with Gasteiger partial charge < -0.3 is 15.2 Å². The van der Waals surface area contributed by atoms with Crippen LogP contribution in [-0.4, -0.2) is 24.0 Å². The van der Waals surface area contributed by atoms with Crippen molar-refractivity contribution in [2.45, 2.75) is 33.2 Å². The molecule has 0 aliphatic carbocycles. The quantitative estimate of drug-likeness (QED) is 0.852. The van der Waals surface area contributed by atoms with Crippen LogP contribution in [0.1, 0.15) is 39.4 Å². The van der Waals surface area contributed by atoms with E-state index in [0.717, 1.165) is 22.6 Å². The van der Waals surface area contributed by atoms with E-state index < -0.39 is 0 Å². The minimum Gasteiger partial charge on any atom is -0.361 e. The predicted molar refractivity (Wildman–Crippen MR) is 86.0 cm³/mol. The second kappa shape index (κ2) is 7.58. The average Bonchev–Trinajstić information content (AvgIpc) is 2.89. The van der Waals surface area contributed by atoms with Crippen molar-refractivity contribution in [3.8, 4) is 0 Å². The first kappa shape index (κ1) is 16.7. The standard InChI is InChI=1S/C17H21N3O3/c1-11-15(12(2)23-20-11)8-9-16(21)19-10-13-4-6-14(7-5-13)17(22)18-3/h4-7H,8-10H2,1-3H3,(H,18,22)(H,19,21). The summed E-state index contributed by atoms with van der Waals surface area (Å²) in [6.45, 7) is 4.16. The van der Waals surface area contributed by atoms with Crippen LogP contribution in [0.5, 0.6) is 0 Å². The van der Waals surface area contributed by atoms with E-state index in [1.807, 2.05) is 26.0 Å². The van der Waals surface area contributed by atoms with Crippen molar-refractivity contribution in [1.29, 1.82) is 0 Å². The molecule has 0 fully saturated rings. The third-order valence-corrected chi connectivity index (χ3v) is 3.72. The fourth-order valence-electron chi connectivity index (χ4n) is 2.30. The SMILES string of the molecule is CNC(=O)c1ccc(CNC(=O)CCc2c(C)noc2C)cc1. The second-order valence-electron chi connectivity index (χ2n) is 5.36. The van der Waals surface area contributed by atoms with Gasteiger partial charge in [0.25, 0.3) is 5.91 Å². The van der Waals surface area contributed by atoms with E-state index in [9.17, 15) is 9.59 Å². The highest BCUT2D eigenvalue weighted by Crippen LogP contribution is 2.14. The van der Waals surface area contributed by atoms with E-state index >= 15 is 0 Å². The summed E-state index contributed by atoms with van der Waals surface area (Å²) >= 11 is 0. The molecule has 1 aromatic carbocycles. The van der Waals surface area contributed by atoms with Crippen LogP contribution >= 0.6 is 0 Å². The van der Waals surface area contributed by atoms with Gasteiger partial charge in [0.2, 0.25) is 5.91 Å². The summed E-state index contributed by atoms with van der Waals surface area (Å²) in [5, 5.41) is 9.32. The molecule has 2 aromatic rings. The number of aromatic nitrogens is 1. The molecular weight excluding hydrogens is 294 g/mol. The van der Waals surface area contributed by atoms with Gasteiger partial charge in [-0.3, -0.25) is 9.59 Å². The van der Waals surface area contributed by atoms with Gasteiger partial charge in [0.15, 0.2) is 0 Å². The van der Waals surface area contributed by atoms with E-state index in [-0.39, 0.29) is 11.8 Å².